The number of anilines is 2. The Morgan fingerprint density at radius 1 is 1.10 bits per heavy atom. The van der Waals surface area contributed by atoms with E-state index in [0.29, 0.717) is 45.3 Å². The van der Waals surface area contributed by atoms with Crippen molar-refractivity contribution in [2.45, 2.75) is 18.9 Å². The molecule has 0 aliphatic heterocycles. The first-order valence-corrected chi connectivity index (χ1v) is 9.74. The van der Waals surface area contributed by atoms with Crippen LogP contribution in [0.4, 0.5) is 11.8 Å². The van der Waals surface area contributed by atoms with E-state index in [1.165, 1.54) is 0 Å². The number of methoxy groups -OCH3 is 1. The van der Waals surface area contributed by atoms with Gasteiger partial charge in [-0.2, -0.15) is 4.98 Å². The summed E-state index contributed by atoms with van der Waals surface area (Å²) in [6, 6.07) is 15.5. The molecule has 2 aromatic carbocycles. The molecule has 29 heavy (non-hydrogen) atoms. The van der Waals surface area contributed by atoms with Crippen LogP contribution in [-0.4, -0.2) is 32.9 Å². The number of aromatic nitrogens is 4. The summed E-state index contributed by atoms with van der Waals surface area (Å²) in [6.45, 7) is 0. The van der Waals surface area contributed by atoms with Crippen LogP contribution in [-0.2, 0) is 0 Å². The molecule has 5 rings (SSSR count). The lowest BCUT2D eigenvalue weighted by molar-refractivity contribution is 0.416. The fourth-order valence-electron chi connectivity index (χ4n) is 3.30. The maximum atomic E-state index is 6.53. The Morgan fingerprint density at radius 3 is 2.59 bits per heavy atom. The van der Waals surface area contributed by atoms with Gasteiger partial charge in [-0.1, -0.05) is 23.7 Å². The molecule has 146 valence electrons. The first-order chi connectivity index (χ1) is 14.1. The Kier molecular flexibility index (Phi) is 4.24. The summed E-state index contributed by atoms with van der Waals surface area (Å²) in [5.41, 5.74) is 9.38. The number of nitrogens with two attached hydrogens (primary N) is 1. The second-order valence-corrected chi connectivity index (χ2v) is 7.42. The third-order valence-electron chi connectivity index (χ3n) is 4.91. The number of fused-ring (bicyclic) bond motifs is 1. The lowest BCUT2D eigenvalue weighted by Gasteiger charge is -2.11. The number of benzene rings is 2. The molecule has 7 nitrogen and oxygen atoms in total. The van der Waals surface area contributed by atoms with Crippen molar-refractivity contribution in [3.8, 4) is 22.7 Å². The van der Waals surface area contributed by atoms with Crippen LogP contribution in [0.15, 0.2) is 48.5 Å². The van der Waals surface area contributed by atoms with E-state index in [4.69, 9.17) is 27.1 Å². The van der Waals surface area contributed by atoms with Crippen LogP contribution in [0.2, 0.25) is 5.02 Å². The monoisotopic (exact) mass is 406 g/mol. The van der Waals surface area contributed by atoms with E-state index in [1.54, 1.807) is 23.9 Å². The third-order valence-corrected chi connectivity index (χ3v) is 5.16. The number of nitrogen functional groups attached to an aromatic ring is 1. The first-order valence-electron chi connectivity index (χ1n) is 9.36. The third kappa shape index (κ3) is 3.23. The number of halogens is 1. The quantitative estimate of drug-likeness (QED) is 0.513. The number of hydrogen-bond acceptors (Lipinski definition) is 6. The van der Waals surface area contributed by atoms with E-state index in [0.717, 1.165) is 24.1 Å². The minimum absolute atomic E-state index is 0.411. The number of rotatable bonds is 5. The number of hydrogen-bond donors (Lipinski definition) is 2. The minimum Gasteiger partial charge on any atom is -0.496 e. The van der Waals surface area contributed by atoms with Gasteiger partial charge in [0.25, 0.3) is 0 Å². The van der Waals surface area contributed by atoms with Gasteiger partial charge in [0.1, 0.15) is 11.6 Å². The topological polar surface area (TPSA) is 90.9 Å². The molecule has 8 heteroatoms. The van der Waals surface area contributed by atoms with Gasteiger partial charge in [0.15, 0.2) is 5.65 Å². The molecule has 2 heterocycles. The lowest BCUT2D eigenvalue weighted by Crippen LogP contribution is -2.06. The molecule has 0 bridgehead atoms. The van der Waals surface area contributed by atoms with Gasteiger partial charge in [-0.3, -0.25) is 0 Å². The molecular formula is C21H19ClN6O. The molecular weight excluding hydrogens is 388 g/mol. The summed E-state index contributed by atoms with van der Waals surface area (Å²) < 4.78 is 7.23. The normalized spacial score (nSPS) is 13.6. The fraction of sp³-hybridized carbons (Fsp3) is 0.190. The van der Waals surface area contributed by atoms with Gasteiger partial charge in [-0.25, -0.2) is 9.67 Å². The highest BCUT2D eigenvalue weighted by Crippen LogP contribution is 2.37. The number of nitrogens with zero attached hydrogens (tertiary/aromatic N) is 4. The van der Waals surface area contributed by atoms with E-state index in [1.807, 2.05) is 36.4 Å². The highest BCUT2D eigenvalue weighted by atomic mass is 35.5. The van der Waals surface area contributed by atoms with E-state index < -0.39 is 0 Å². The Balaban J connectivity index is 1.76. The zero-order chi connectivity index (χ0) is 20.0. The number of para-hydroxylation sites is 1. The maximum absolute atomic E-state index is 6.53. The van der Waals surface area contributed by atoms with E-state index in [9.17, 15) is 0 Å². The average molecular weight is 407 g/mol. The average Bonchev–Trinajstić information content (AvgIpc) is 3.49. The van der Waals surface area contributed by atoms with Crippen molar-refractivity contribution >= 4 is 34.4 Å². The summed E-state index contributed by atoms with van der Waals surface area (Å²) >= 11 is 6.03. The van der Waals surface area contributed by atoms with Crippen molar-refractivity contribution in [2.24, 2.45) is 0 Å². The van der Waals surface area contributed by atoms with Crippen LogP contribution in [0.3, 0.4) is 0 Å². The molecule has 1 fully saturated rings. The van der Waals surface area contributed by atoms with Crippen molar-refractivity contribution in [3.63, 3.8) is 0 Å². The van der Waals surface area contributed by atoms with Gasteiger partial charge in [-0.15, -0.1) is 5.10 Å². The summed E-state index contributed by atoms with van der Waals surface area (Å²) in [4.78, 5) is 9.41. The molecule has 1 aliphatic carbocycles. The lowest BCUT2D eigenvalue weighted by atomic mass is 10.1. The van der Waals surface area contributed by atoms with Crippen molar-refractivity contribution in [3.05, 3.63) is 53.6 Å². The van der Waals surface area contributed by atoms with Crippen LogP contribution >= 0.6 is 11.6 Å². The standard InChI is InChI=1S/C21H19ClN6O/c1-29-16-5-3-2-4-15(16)18-17-19(23)28(14-10-6-12(22)7-11-14)27-20(17)26-21(25-18)24-13-8-9-13/h2-7,10-11,13H,8-9,23H2,1H3,(H,24,26,27). The minimum atomic E-state index is 0.411. The second kappa shape index (κ2) is 6.93. The molecule has 0 amide bonds. The van der Waals surface area contributed by atoms with Gasteiger partial charge in [0.05, 0.1) is 23.9 Å². The van der Waals surface area contributed by atoms with Crippen LogP contribution in [0.1, 0.15) is 12.8 Å². The second-order valence-electron chi connectivity index (χ2n) is 6.99. The van der Waals surface area contributed by atoms with E-state index in [-0.39, 0.29) is 0 Å². The molecule has 0 radical (unpaired) electrons. The Labute approximate surface area is 172 Å². The predicted molar refractivity (Wildman–Crippen MR) is 115 cm³/mol. The van der Waals surface area contributed by atoms with Crippen LogP contribution < -0.4 is 15.8 Å². The molecule has 4 aromatic rings. The van der Waals surface area contributed by atoms with Gasteiger partial charge in [0, 0.05) is 16.6 Å². The van der Waals surface area contributed by atoms with Crippen molar-refractivity contribution in [1.82, 2.24) is 19.7 Å². The number of nitrogens with one attached hydrogen (secondary N) is 1. The smallest absolute Gasteiger partial charge is 0.225 e. The van der Waals surface area contributed by atoms with Crippen molar-refractivity contribution < 1.29 is 4.74 Å². The Bertz CT molecular complexity index is 1200. The van der Waals surface area contributed by atoms with E-state index in [2.05, 4.69) is 15.4 Å². The van der Waals surface area contributed by atoms with Crippen molar-refractivity contribution in [1.29, 1.82) is 0 Å². The SMILES string of the molecule is COc1ccccc1-c1nc(NC2CC2)nc2nn(-c3ccc(Cl)cc3)c(N)c12. The summed E-state index contributed by atoms with van der Waals surface area (Å²) in [5, 5.41) is 9.35. The molecule has 1 saturated carbocycles. The Hall–Kier alpha value is -3.32. The highest BCUT2D eigenvalue weighted by Gasteiger charge is 2.25. The summed E-state index contributed by atoms with van der Waals surface area (Å²) in [5.74, 6) is 1.71. The largest absolute Gasteiger partial charge is 0.496 e. The Morgan fingerprint density at radius 2 is 1.86 bits per heavy atom. The zero-order valence-electron chi connectivity index (χ0n) is 15.8. The molecule has 0 unspecified atom stereocenters. The molecule has 1 aliphatic rings. The van der Waals surface area contributed by atoms with Crippen molar-refractivity contribution in [2.75, 3.05) is 18.2 Å². The van der Waals surface area contributed by atoms with Gasteiger partial charge < -0.3 is 15.8 Å². The number of ether oxygens (including phenoxy) is 1. The van der Waals surface area contributed by atoms with Crippen LogP contribution in [0, 0.1) is 0 Å². The molecule has 3 N–H and O–H groups in total. The predicted octanol–water partition coefficient (Wildman–Crippen LogP) is 4.30. The van der Waals surface area contributed by atoms with Gasteiger partial charge >= 0.3 is 0 Å². The maximum Gasteiger partial charge on any atom is 0.225 e. The van der Waals surface area contributed by atoms with Crippen LogP contribution in [0.25, 0.3) is 28.0 Å². The van der Waals surface area contributed by atoms with Crippen LogP contribution in [0.5, 0.6) is 5.75 Å². The zero-order valence-corrected chi connectivity index (χ0v) is 16.5. The van der Waals surface area contributed by atoms with Gasteiger partial charge in [0.2, 0.25) is 5.95 Å². The van der Waals surface area contributed by atoms with E-state index >= 15 is 0 Å². The first kappa shape index (κ1) is 17.8. The molecule has 2 aromatic heterocycles. The summed E-state index contributed by atoms with van der Waals surface area (Å²) in [6.07, 6.45) is 2.24. The highest BCUT2D eigenvalue weighted by molar-refractivity contribution is 6.30. The molecule has 0 spiro atoms. The fourth-order valence-corrected chi connectivity index (χ4v) is 3.43. The summed E-state index contributed by atoms with van der Waals surface area (Å²) in [7, 11) is 1.64. The van der Waals surface area contributed by atoms with Gasteiger partial charge in [-0.05, 0) is 49.2 Å². The molecule has 0 atom stereocenters. The molecule has 0 saturated heterocycles.